The van der Waals surface area contributed by atoms with E-state index in [0.717, 1.165) is 21.6 Å². The Labute approximate surface area is 139 Å². The van der Waals surface area contributed by atoms with Gasteiger partial charge in [-0.05, 0) is 37.6 Å². The maximum Gasteiger partial charge on any atom is 0.335 e. The molecule has 0 saturated carbocycles. The van der Waals surface area contributed by atoms with E-state index >= 15 is 0 Å². The van der Waals surface area contributed by atoms with Crippen LogP contribution in [0.15, 0.2) is 54.1 Å². The zero-order chi connectivity index (χ0) is 17.3. The summed E-state index contributed by atoms with van der Waals surface area (Å²) in [5, 5.41) is 2.22. The molecule has 1 aliphatic rings. The van der Waals surface area contributed by atoms with Crippen molar-refractivity contribution in [3.8, 4) is 0 Å². The number of nitrogens with one attached hydrogen (secondary N) is 1. The molecule has 0 bridgehead atoms. The summed E-state index contributed by atoms with van der Waals surface area (Å²) in [5.74, 6) is -1.32. The maximum atomic E-state index is 12.7. The molecule has 0 aliphatic carbocycles. The van der Waals surface area contributed by atoms with Crippen LogP contribution in [0, 0.1) is 13.8 Å². The zero-order valence-electron chi connectivity index (χ0n) is 13.4. The first-order valence-corrected chi connectivity index (χ1v) is 7.50. The van der Waals surface area contributed by atoms with E-state index in [1.54, 1.807) is 30.3 Å². The molecule has 2 aromatic rings. The number of hydrogen-bond acceptors (Lipinski definition) is 3. The Bertz CT molecular complexity index is 866. The van der Waals surface area contributed by atoms with Crippen molar-refractivity contribution in [1.82, 2.24) is 5.32 Å². The largest absolute Gasteiger partial charge is 0.335 e. The van der Waals surface area contributed by atoms with Gasteiger partial charge in [0.1, 0.15) is 5.57 Å². The van der Waals surface area contributed by atoms with Crippen LogP contribution in [0.5, 0.6) is 0 Å². The lowest BCUT2D eigenvalue weighted by atomic mass is 10.1. The first kappa shape index (κ1) is 15.7. The third-order valence-electron chi connectivity index (χ3n) is 3.75. The number of rotatable bonds is 2. The Morgan fingerprint density at radius 1 is 0.917 bits per heavy atom. The molecule has 0 atom stereocenters. The smallest absolute Gasteiger partial charge is 0.273 e. The van der Waals surface area contributed by atoms with Gasteiger partial charge in [0, 0.05) is 0 Å². The quantitative estimate of drug-likeness (QED) is 0.683. The molecular weight excluding hydrogens is 304 g/mol. The first-order chi connectivity index (χ1) is 11.5. The fourth-order valence-electron chi connectivity index (χ4n) is 2.51. The minimum absolute atomic E-state index is 0.0687. The maximum absolute atomic E-state index is 12.7. The molecule has 1 fully saturated rings. The van der Waals surface area contributed by atoms with Gasteiger partial charge in [-0.3, -0.25) is 14.9 Å². The van der Waals surface area contributed by atoms with Crippen molar-refractivity contribution in [2.75, 3.05) is 4.90 Å². The van der Waals surface area contributed by atoms with Crippen molar-refractivity contribution < 1.29 is 14.4 Å². The summed E-state index contributed by atoms with van der Waals surface area (Å²) in [7, 11) is 0. The Morgan fingerprint density at radius 3 is 2.29 bits per heavy atom. The lowest BCUT2D eigenvalue weighted by Gasteiger charge is -2.26. The Hall–Kier alpha value is -3.21. The summed E-state index contributed by atoms with van der Waals surface area (Å²) in [5.41, 5.74) is 3.10. The van der Waals surface area contributed by atoms with Crippen LogP contribution >= 0.6 is 0 Å². The summed E-state index contributed by atoms with van der Waals surface area (Å²) >= 11 is 0. The van der Waals surface area contributed by atoms with Crippen molar-refractivity contribution >= 4 is 29.6 Å². The van der Waals surface area contributed by atoms with Gasteiger partial charge < -0.3 is 0 Å². The predicted molar refractivity (Wildman–Crippen MR) is 91.4 cm³/mol. The molecule has 1 N–H and O–H groups in total. The van der Waals surface area contributed by atoms with Crippen LogP contribution in [-0.4, -0.2) is 17.8 Å². The lowest BCUT2D eigenvalue weighted by Crippen LogP contribution is -2.54. The van der Waals surface area contributed by atoms with Gasteiger partial charge in [-0.15, -0.1) is 0 Å². The van der Waals surface area contributed by atoms with E-state index in [4.69, 9.17) is 0 Å². The molecule has 1 saturated heterocycles. The molecule has 5 heteroatoms. The number of amides is 4. The second-order valence-corrected chi connectivity index (χ2v) is 5.71. The van der Waals surface area contributed by atoms with E-state index in [9.17, 15) is 14.4 Å². The van der Waals surface area contributed by atoms with Gasteiger partial charge in [-0.25, -0.2) is 9.69 Å². The number of barbiturate groups is 1. The highest BCUT2D eigenvalue weighted by Crippen LogP contribution is 2.22. The summed E-state index contributed by atoms with van der Waals surface area (Å²) in [6.07, 6.45) is 1.50. The van der Waals surface area contributed by atoms with E-state index in [1.165, 1.54) is 6.08 Å². The van der Waals surface area contributed by atoms with Crippen LogP contribution < -0.4 is 10.2 Å². The monoisotopic (exact) mass is 320 g/mol. The molecule has 120 valence electrons. The molecule has 5 nitrogen and oxygen atoms in total. The highest BCUT2D eigenvalue weighted by Gasteiger charge is 2.36. The average Bonchev–Trinajstić information content (AvgIpc) is 2.53. The number of hydrogen-bond donors (Lipinski definition) is 1. The predicted octanol–water partition coefficient (Wildman–Crippen LogP) is 2.97. The molecular formula is C19H16N2O3. The fourth-order valence-corrected chi connectivity index (χ4v) is 2.51. The zero-order valence-corrected chi connectivity index (χ0v) is 13.4. The topological polar surface area (TPSA) is 66.5 Å². The lowest BCUT2D eigenvalue weighted by molar-refractivity contribution is -0.122. The van der Waals surface area contributed by atoms with E-state index in [2.05, 4.69) is 5.32 Å². The number of benzene rings is 2. The summed E-state index contributed by atoms with van der Waals surface area (Å²) in [6.45, 7) is 3.83. The van der Waals surface area contributed by atoms with Gasteiger partial charge in [0.15, 0.2) is 0 Å². The molecule has 24 heavy (non-hydrogen) atoms. The van der Waals surface area contributed by atoms with Gasteiger partial charge in [0.25, 0.3) is 11.8 Å². The van der Waals surface area contributed by atoms with E-state index in [0.29, 0.717) is 5.69 Å². The highest BCUT2D eigenvalue weighted by atomic mass is 16.2. The fraction of sp³-hybridized carbons (Fsp3) is 0.105. The van der Waals surface area contributed by atoms with Gasteiger partial charge in [-0.1, -0.05) is 47.5 Å². The molecule has 1 aliphatic heterocycles. The molecule has 3 rings (SSSR count). The SMILES string of the molecule is Cc1ccc(N2C(=O)NC(=O)C(=Cc3cccc(C)c3)C2=O)cc1. The number of carbonyl (C=O) groups excluding carboxylic acids is 3. The van der Waals surface area contributed by atoms with Crippen molar-refractivity contribution in [3.63, 3.8) is 0 Å². The molecule has 0 spiro atoms. The van der Waals surface area contributed by atoms with Crippen LogP contribution in [0.4, 0.5) is 10.5 Å². The van der Waals surface area contributed by atoms with Crippen molar-refractivity contribution in [2.45, 2.75) is 13.8 Å². The third kappa shape index (κ3) is 2.96. The first-order valence-electron chi connectivity index (χ1n) is 7.50. The number of nitrogens with zero attached hydrogens (tertiary/aromatic N) is 1. The molecule has 2 aromatic carbocycles. The number of aryl methyl sites for hydroxylation is 2. The van der Waals surface area contributed by atoms with Crippen LogP contribution in [0.2, 0.25) is 0 Å². The second-order valence-electron chi connectivity index (χ2n) is 5.71. The van der Waals surface area contributed by atoms with Crippen LogP contribution in [-0.2, 0) is 9.59 Å². The highest BCUT2D eigenvalue weighted by molar-refractivity contribution is 6.39. The van der Waals surface area contributed by atoms with Gasteiger partial charge in [0.2, 0.25) is 0 Å². The molecule has 0 unspecified atom stereocenters. The van der Waals surface area contributed by atoms with Crippen LogP contribution in [0.25, 0.3) is 6.08 Å². The summed E-state index contributed by atoms with van der Waals surface area (Å²) < 4.78 is 0. The van der Waals surface area contributed by atoms with E-state index in [-0.39, 0.29) is 5.57 Å². The normalized spacial score (nSPS) is 16.5. The van der Waals surface area contributed by atoms with E-state index < -0.39 is 17.8 Å². The van der Waals surface area contributed by atoms with Crippen molar-refractivity contribution in [3.05, 3.63) is 70.8 Å². The van der Waals surface area contributed by atoms with Crippen LogP contribution in [0.1, 0.15) is 16.7 Å². The van der Waals surface area contributed by atoms with Crippen molar-refractivity contribution in [1.29, 1.82) is 0 Å². The van der Waals surface area contributed by atoms with Gasteiger partial charge in [0.05, 0.1) is 5.69 Å². The second kappa shape index (κ2) is 6.12. The summed E-state index contributed by atoms with van der Waals surface area (Å²) in [4.78, 5) is 37.9. The average molecular weight is 320 g/mol. The van der Waals surface area contributed by atoms with E-state index in [1.807, 2.05) is 32.0 Å². The molecule has 0 radical (unpaired) electrons. The minimum atomic E-state index is -0.741. The Kier molecular flexibility index (Phi) is 4.00. The number of anilines is 1. The summed E-state index contributed by atoms with van der Waals surface area (Å²) in [6, 6.07) is 13.6. The molecule has 0 aromatic heterocycles. The molecule has 1 heterocycles. The Morgan fingerprint density at radius 2 is 1.62 bits per heavy atom. The van der Waals surface area contributed by atoms with Gasteiger partial charge >= 0.3 is 6.03 Å². The van der Waals surface area contributed by atoms with Crippen LogP contribution in [0.3, 0.4) is 0 Å². The molecule has 4 amide bonds. The Balaban J connectivity index is 2.01. The standard InChI is InChI=1S/C19H16N2O3/c1-12-6-8-15(9-7-12)21-18(23)16(17(22)20-19(21)24)11-14-5-3-4-13(2)10-14/h3-11H,1-2H3,(H,20,22,24). The number of carbonyl (C=O) groups is 3. The minimum Gasteiger partial charge on any atom is -0.273 e. The number of imide groups is 2. The number of urea groups is 1. The van der Waals surface area contributed by atoms with Gasteiger partial charge in [-0.2, -0.15) is 0 Å². The van der Waals surface area contributed by atoms with Crippen molar-refractivity contribution in [2.24, 2.45) is 0 Å². The third-order valence-corrected chi connectivity index (χ3v) is 3.75.